The van der Waals surface area contributed by atoms with Gasteiger partial charge in [-0.15, -0.1) is 10.2 Å². The van der Waals surface area contributed by atoms with E-state index in [9.17, 15) is 4.79 Å². The molecule has 0 fully saturated rings. The molecule has 0 radical (unpaired) electrons. The lowest BCUT2D eigenvalue weighted by Crippen LogP contribution is -2.31. The minimum atomic E-state index is -0.936. The third-order valence-electron chi connectivity index (χ3n) is 5.26. The molecule has 4 rings (SSSR count). The van der Waals surface area contributed by atoms with Crippen molar-refractivity contribution in [1.82, 2.24) is 24.6 Å². The van der Waals surface area contributed by atoms with Crippen LogP contribution in [0.4, 0.5) is 14.9 Å². The Morgan fingerprint density at radius 2 is 1.95 bits per heavy atom. The van der Waals surface area contributed by atoms with E-state index in [1.807, 2.05) is 23.6 Å². The highest BCUT2D eigenvalue weighted by atomic mass is 35.5. The van der Waals surface area contributed by atoms with Crippen LogP contribution in [0.1, 0.15) is 5.56 Å². The van der Waals surface area contributed by atoms with Gasteiger partial charge in [0.25, 0.3) is 0 Å². The molecule has 2 heterocycles. The van der Waals surface area contributed by atoms with Crippen LogP contribution in [0.5, 0.6) is 11.5 Å². The smallest absolute Gasteiger partial charge is 0.340 e. The SMILES string of the molecule is CN(C)CCn1cnnc1-c1cc(Oc2ccc(N(/N=C/c3c(Cl)cccc3Cl)C(N)=O)cc2F)ccn1. The molecule has 0 unspecified atom stereocenters. The van der Waals surface area contributed by atoms with E-state index in [0.29, 0.717) is 39.4 Å². The van der Waals surface area contributed by atoms with E-state index in [4.69, 9.17) is 33.7 Å². The monoisotopic (exact) mass is 556 g/mol. The number of benzene rings is 2. The molecule has 0 bridgehead atoms. The molecule has 4 aromatic rings. The van der Waals surface area contributed by atoms with Gasteiger partial charge in [0.15, 0.2) is 17.4 Å². The van der Waals surface area contributed by atoms with Crippen LogP contribution in [-0.2, 0) is 6.54 Å². The maximum atomic E-state index is 15.0. The highest BCUT2D eigenvalue weighted by Crippen LogP contribution is 2.30. The molecule has 196 valence electrons. The Morgan fingerprint density at radius 3 is 2.63 bits per heavy atom. The molecule has 2 N–H and O–H groups in total. The van der Waals surface area contributed by atoms with Gasteiger partial charge in [-0.3, -0.25) is 4.98 Å². The summed E-state index contributed by atoms with van der Waals surface area (Å²) in [5.74, 6) is 0.0680. The first-order valence-electron chi connectivity index (χ1n) is 11.3. The third kappa shape index (κ3) is 6.43. The van der Waals surface area contributed by atoms with E-state index in [0.717, 1.165) is 17.6 Å². The van der Waals surface area contributed by atoms with Gasteiger partial charge in [-0.05, 0) is 44.4 Å². The molecule has 2 aromatic carbocycles. The van der Waals surface area contributed by atoms with Crippen LogP contribution in [0.2, 0.25) is 10.0 Å². The zero-order valence-corrected chi connectivity index (χ0v) is 21.9. The van der Waals surface area contributed by atoms with Crippen LogP contribution in [0, 0.1) is 5.82 Å². The number of nitrogens with zero attached hydrogens (tertiary/aromatic N) is 7. The standard InChI is InChI=1S/C25H23Cl2FN8O2/c1-34(2)10-11-35-15-31-33-24(35)22-13-17(8-9-30-22)38-23-7-6-16(12-21(23)28)36(25(29)37)32-14-18-19(26)4-3-5-20(18)27/h3-9,12-15H,10-11H2,1-2H3,(H2,29,37)/b32-14+. The summed E-state index contributed by atoms with van der Waals surface area (Å²) in [6, 6.07) is 11.1. The first-order valence-corrected chi connectivity index (χ1v) is 12.0. The Morgan fingerprint density at radius 1 is 1.18 bits per heavy atom. The van der Waals surface area contributed by atoms with Crippen molar-refractivity contribution < 1.29 is 13.9 Å². The summed E-state index contributed by atoms with van der Waals surface area (Å²) in [4.78, 5) is 18.4. The predicted octanol–water partition coefficient (Wildman–Crippen LogP) is 5.06. The lowest BCUT2D eigenvalue weighted by Gasteiger charge is -2.16. The first-order chi connectivity index (χ1) is 18.2. The largest absolute Gasteiger partial charge is 0.454 e. The van der Waals surface area contributed by atoms with E-state index in [1.165, 1.54) is 24.5 Å². The predicted molar refractivity (Wildman–Crippen MR) is 144 cm³/mol. The minimum absolute atomic E-state index is 0.0752. The number of likely N-dealkylation sites (N-methyl/N-ethyl adjacent to an activating group) is 1. The summed E-state index contributed by atoms with van der Waals surface area (Å²) in [5, 5.41) is 13.6. The summed E-state index contributed by atoms with van der Waals surface area (Å²) >= 11 is 12.3. The Hall–Kier alpha value is -4.06. The fourth-order valence-electron chi connectivity index (χ4n) is 3.35. The van der Waals surface area contributed by atoms with Crippen molar-refractivity contribution in [1.29, 1.82) is 0 Å². The van der Waals surface area contributed by atoms with Crippen LogP contribution in [-0.4, -0.2) is 57.5 Å². The lowest BCUT2D eigenvalue weighted by molar-refractivity contribution is 0.254. The van der Waals surface area contributed by atoms with Crippen molar-refractivity contribution in [2.45, 2.75) is 6.54 Å². The second kappa shape index (κ2) is 12.0. The number of rotatable bonds is 9. The number of amides is 2. The molecule has 13 heteroatoms. The van der Waals surface area contributed by atoms with Crippen LogP contribution in [0.3, 0.4) is 0 Å². The van der Waals surface area contributed by atoms with Crippen LogP contribution in [0.25, 0.3) is 11.5 Å². The van der Waals surface area contributed by atoms with Crippen LogP contribution in [0.15, 0.2) is 66.2 Å². The van der Waals surface area contributed by atoms with Gasteiger partial charge in [-0.1, -0.05) is 29.3 Å². The Labute approximate surface area is 228 Å². The Bertz CT molecular complexity index is 1460. The molecule has 0 aliphatic rings. The minimum Gasteiger partial charge on any atom is -0.454 e. The fraction of sp³-hybridized carbons (Fsp3) is 0.160. The molecule has 10 nitrogen and oxygen atoms in total. The lowest BCUT2D eigenvalue weighted by atomic mass is 10.2. The van der Waals surface area contributed by atoms with Gasteiger partial charge in [-0.2, -0.15) is 10.1 Å². The number of urea groups is 1. The third-order valence-corrected chi connectivity index (χ3v) is 5.92. The number of hydrogen-bond donors (Lipinski definition) is 1. The van der Waals surface area contributed by atoms with Gasteiger partial charge in [0.1, 0.15) is 17.8 Å². The van der Waals surface area contributed by atoms with Crippen molar-refractivity contribution in [2.75, 3.05) is 25.6 Å². The number of carbonyl (C=O) groups excluding carboxylic acids is 1. The number of aromatic nitrogens is 4. The quantitative estimate of drug-likeness (QED) is 0.227. The average Bonchev–Trinajstić information content (AvgIpc) is 3.35. The molecular weight excluding hydrogens is 534 g/mol. The second-order valence-corrected chi connectivity index (χ2v) is 9.09. The van der Waals surface area contributed by atoms with E-state index < -0.39 is 11.8 Å². The number of hydrazone groups is 1. The number of carbonyl (C=O) groups is 1. The maximum Gasteiger partial charge on any atom is 0.340 e. The topological polar surface area (TPSA) is 115 Å². The molecule has 0 aliphatic carbocycles. The van der Waals surface area contributed by atoms with Gasteiger partial charge in [0.2, 0.25) is 0 Å². The number of hydrogen-bond acceptors (Lipinski definition) is 7. The molecule has 2 amide bonds. The van der Waals surface area contributed by atoms with Gasteiger partial charge in [-0.25, -0.2) is 9.18 Å². The summed E-state index contributed by atoms with van der Waals surface area (Å²) < 4.78 is 22.6. The van der Waals surface area contributed by atoms with Gasteiger partial charge in [0, 0.05) is 37.0 Å². The Kier molecular flexibility index (Phi) is 8.52. The molecule has 0 spiro atoms. The number of ether oxygens (including phenoxy) is 1. The van der Waals surface area contributed by atoms with Gasteiger partial charge < -0.3 is 19.9 Å². The van der Waals surface area contributed by atoms with Gasteiger partial charge >= 0.3 is 6.03 Å². The van der Waals surface area contributed by atoms with Crippen molar-refractivity contribution in [3.63, 3.8) is 0 Å². The number of nitrogens with two attached hydrogens (primary N) is 1. The number of halogens is 3. The first kappa shape index (κ1) is 27.0. The summed E-state index contributed by atoms with van der Waals surface area (Å²) in [7, 11) is 3.94. The summed E-state index contributed by atoms with van der Waals surface area (Å²) in [6.07, 6.45) is 4.43. The summed E-state index contributed by atoms with van der Waals surface area (Å²) in [5.41, 5.74) is 6.44. The molecular formula is C25H23Cl2FN8O2. The number of primary amides is 1. The van der Waals surface area contributed by atoms with E-state index >= 15 is 4.39 Å². The van der Waals surface area contributed by atoms with Gasteiger partial charge in [0.05, 0.1) is 21.9 Å². The molecule has 2 aromatic heterocycles. The van der Waals surface area contributed by atoms with Crippen molar-refractivity contribution in [3.8, 4) is 23.0 Å². The summed E-state index contributed by atoms with van der Waals surface area (Å²) in [6.45, 7) is 1.45. The highest BCUT2D eigenvalue weighted by molar-refractivity contribution is 6.38. The average molecular weight is 557 g/mol. The van der Waals surface area contributed by atoms with E-state index in [2.05, 4.69) is 20.3 Å². The van der Waals surface area contributed by atoms with Crippen molar-refractivity contribution in [2.24, 2.45) is 10.8 Å². The second-order valence-electron chi connectivity index (χ2n) is 8.27. The normalized spacial score (nSPS) is 11.3. The number of pyridine rings is 1. The molecule has 38 heavy (non-hydrogen) atoms. The van der Waals surface area contributed by atoms with Crippen LogP contribution >= 0.6 is 23.2 Å². The zero-order valence-electron chi connectivity index (χ0n) is 20.4. The maximum absolute atomic E-state index is 15.0. The zero-order chi connectivity index (χ0) is 27.2. The number of anilines is 1. The van der Waals surface area contributed by atoms with E-state index in [1.54, 1.807) is 36.7 Å². The molecule has 0 saturated carbocycles. The Balaban J connectivity index is 1.54. The fourth-order valence-corrected chi connectivity index (χ4v) is 3.85. The molecule has 0 saturated heterocycles. The van der Waals surface area contributed by atoms with Crippen molar-refractivity contribution >= 4 is 41.1 Å². The molecule has 0 atom stereocenters. The van der Waals surface area contributed by atoms with E-state index in [-0.39, 0.29) is 11.4 Å². The highest BCUT2D eigenvalue weighted by Gasteiger charge is 2.16. The van der Waals surface area contributed by atoms with Crippen LogP contribution < -0.4 is 15.5 Å². The molecule has 0 aliphatic heterocycles. The van der Waals surface area contributed by atoms with Crippen molar-refractivity contribution in [3.05, 3.63) is 82.5 Å².